The molecule has 1 aromatic heterocycles. The minimum atomic E-state index is 0.223. The van der Waals surface area contributed by atoms with Gasteiger partial charge in [-0.1, -0.05) is 45.0 Å². The first-order valence-electron chi connectivity index (χ1n) is 8.35. The molecular weight excluding hydrogens is 284 g/mol. The van der Waals surface area contributed by atoms with Crippen LogP contribution in [0.1, 0.15) is 31.9 Å². The van der Waals surface area contributed by atoms with Gasteiger partial charge < -0.3 is 4.90 Å². The highest BCUT2D eigenvalue weighted by Gasteiger charge is 2.18. The Morgan fingerprint density at radius 2 is 1.65 bits per heavy atom. The molecule has 0 bridgehead atoms. The second-order valence-corrected chi connectivity index (χ2v) is 7.27. The van der Waals surface area contributed by atoms with Gasteiger partial charge in [0.15, 0.2) is 0 Å². The number of rotatable bonds is 3. The van der Waals surface area contributed by atoms with Crippen LogP contribution in [0.3, 0.4) is 0 Å². The first-order chi connectivity index (χ1) is 11.0. The summed E-state index contributed by atoms with van der Waals surface area (Å²) in [6.45, 7) is 12.0. The van der Waals surface area contributed by atoms with Crippen molar-refractivity contribution in [2.24, 2.45) is 0 Å². The highest BCUT2D eigenvalue weighted by molar-refractivity contribution is 5.35. The predicted octanol–water partition coefficient (Wildman–Crippen LogP) is 3.10. The molecule has 0 aliphatic carbocycles. The minimum Gasteiger partial charge on any atom is -0.353 e. The minimum absolute atomic E-state index is 0.223. The fourth-order valence-corrected chi connectivity index (χ4v) is 2.96. The lowest BCUT2D eigenvalue weighted by Crippen LogP contribution is -2.46. The first kappa shape index (κ1) is 15.9. The molecule has 0 unspecified atom stereocenters. The van der Waals surface area contributed by atoms with E-state index in [2.05, 4.69) is 64.8 Å². The lowest BCUT2D eigenvalue weighted by molar-refractivity contribution is 0.249. The number of aromatic nitrogens is 2. The van der Waals surface area contributed by atoms with Crippen LogP contribution in [0, 0.1) is 0 Å². The average Bonchev–Trinajstić information content (AvgIpc) is 2.56. The van der Waals surface area contributed by atoms with E-state index in [1.165, 1.54) is 11.1 Å². The number of hydrogen-bond donors (Lipinski definition) is 0. The molecule has 3 rings (SSSR count). The van der Waals surface area contributed by atoms with Gasteiger partial charge in [0.25, 0.3) is 0 Å². The summed E-state index contributed by atoms with van der Waals surface area (Å²) in [7, 11) is 0. The number of piperazine rings is 1. The summed E-state index contributed by atoms with van der Waals surface area (Å²) in [5.74, 6) is 0.988. The van der Waals surface area contributed by atoms with E-state index in [1.807, 2.05) is 6.20 Å². The maximum atomic E-state index is 4.39. The van der Waals surface area contributed by atoms with Crippen molar-refractivity contribution in [3.8, 4) is 0 Å². The van der Waals surface area contributed by atoms with E-state index < -0.39 is 0 Å². The van der Waals surface area contributed by atoms with Gasteiger partial charge in [-0.3, -0.25) is 9.88 Å². The number of anilines is 1. The van der Waals surface area contributed by atoms with Crippen LogP contribution in [0.2, 0.25) is 0 Å². The fraction of sp³-hybridized carbons (Fsp3) is 0.474. The Morgan fingerprint density at radius 1 is 0.957 bits per heavy atom. The Morgan fingerprint density at radius 3 is 2.22 bits per heavy atom. The summed E-state index contributed by atoms with van der Waals surface area (Å²) >= 11 is 0. The molecule has 0 radical (unpaired) electrons. The van der Waals surface area contributed by atoms with Gasteiger partial charge in [-0.15, -0.1) is 0 Å². The Hall–Kier alpha value is -1.94. The molecule has 0 saturated carbocycles. The molecule has 0 N–H and O–H groups in total. The van der Waals surface area contributed by atoms with E-state index in [-0.39, 0.29) is 5.41 Å². The van der Waals surface area contributed by atoms with Crippen molar-refractivity contribution >= 4 is 5.82 Å². The zero-order chi connectivity index (χ0) is 16.3. The SMILES string of the molecule is CC(C)(C)c1ccc(CN2CCN(c3cnccn3)CC2)cc1. The highest BCUT2D eigenvalue weighted by Crippen LogP contribution is 2.22. The highest BCUT2D eigenvalue weighted by atomic mass is 15.3. The molecular formula is C19H26N4. The van der Waals surface area contributed by atoms with E-state index >= 15 is 0 Å². The van der Waals surface area contributed by atoms with Crippen molar-refractivity contribution in [3.63, 3.8) is 0 Å². The molecule has 2 aromatic rings. The Balaban J connectivity index is 1.55. The van der Waals surface area contributed by atoms with Crippen molar-refractivity contribution in [1.29, 1.82) is 0 Å². The molecule has 1 aromatic carbocycles. The van der Waals surface area contributed by atoms with Crippen molar-refractivity contribution in [1.82, 2.24) is 14.9 Å². The Kier molecular flexibility index (Phi) is 4.62. The summed E-state index contributed by atoms with van der Waals surface area (Å²) in [6.07, 6.45) is 5.33. The zero-order valence-electron chi connectivity index (χ0n) is 14.4. The summed E-state index contributed by atoms with van der Waals surface area (Å²) in [5, 5.41) is 0. The Bertz CT molecular complexity index is 608. The van der Waals surface area contributed by atoms with Crippen LogP contribution in [-0.4, -0.2) is 41.0 Å². The maximum Gasteiger partial charge on any atom is 0.147 e. The van der Waals surface area contributed by atoms with Crippen molar-refractivity contribution in [2.75, 3.05) is 31.1 Å². The van der Waals surface area contributed by atoms with E-state index in [0.29, 0.717) is 0 Å². The van der Waals surface area contributed by atoms with Gasteiger partial charge >= 0.3 is 0 Å². The average molecular weight is 310 g/mol. The Labute approximate surface area is 139 Å². The van der Waals surface area contributed by atoms with Gasteiger partial charge in [-0.2, -0.15) is 0 Å². The van der Waals surface area contributed by atoms with Crippen LogP contribution in [0.15, 0.2) is 42.9 Å². The van der Waals surface area contributed by atoms with Crippen LogP contribution in [0.25, 0.3) is 0 Å². The van der Waals surface area contributed by atoms with E-state index in [1.54, 1.807) is 12.4 Å². The number of nitrogens with zero attached hydrogens (tertiary/aromatic N) is 4. The van der Waals surface area contributed by atoms with Crippen molar-refractivity contribution in [2.45, 2.75) is 32.7 Å². The van der Waals surface area contributed by atoms with Crippen LogP contribution in [0.4, 0.5) is 5.82 Å². The molecule has 4 nitrogen and oxygen atoms in total. The zero-order valence-corrected chi connectivity index (χ0v) is 14.4. The summed E-state index contributed by atoms with van der Waals surface area (Å²) in [4.78, 5) is 13.4. The molecule has 4 heteroatoms. The largest absolute Gasteiger partial charge is 0.353 e. The normalized spacial score (nSPS) is 16.6. The second-order valence-electron chi connectivity index (χ2n) is 7.27. The van der Waals surface area contributed by atoms with Crippen LogP contribution in [0.5, 0.6) is 0 Å². The molecule has 1 saturated heterocycles. The molecule has 1 fully saturated rings. The maximum absolute atomic E-state index is 4.39. The molecule has 23 heavy (non-hydrogen) atoms. The summed E-state index contributed by atoms with van der Waals surface area (Å²) < 4.78 is 0. The van der Waals surface area contributed by atoms with Crippen LogP contribution >= 0.6 is 0 Å². The molecule has 0 amide bonds. The van der Waals surface area contributed by atoms with Gasteiger partial charge in [0.1, 0.15) is 5.82 Å². The lowest BCUT2D eigenvalue weighted by Gasteiger charge is -2.35. The third-order valence-electron chi connectivity index (χ3n) is 4.47. The quantitative estimate of drug-likeness (QED) is 0.872. The molecule has 0 spiro atoms. The smallest absolute Gasteiger partial charge is 0.147 e. The van der Waals surface area contributed by atoms with Gasteiger partial charge in [0.05, 0.1) is 6.20 Å². The van der Waals surface area contributed by atoms with Gasteiger partial charge in [-0.25, -0.2) is 4.98 Å². The van der Waals surface area contributed by atoms with Gasteiger partial charge in [0.2, 0.25) is 0 Å². The third-order valence-corrected chi connectivity index (χ3v) is 4.47. The lowest BCUT2D eigenvalue weighted by atomic mass is 9.87. The monoisotopic (exact) mass is 310 g/mol. The van der Waals surface area contributed by atoms with Crippen LogP contribution < -0.4 is 4.90 Å². The topological polar surface area (TPSA) is 32.3 Å². The first-order valence-corrected chi connectivity index (χ1v) is 8.35. The molecule has 0 atom stereocenters. The predicted molar refractivity (Wildman–Crippen MR) is 94.7 cm³/mol. The number of hydrogen-bond acceptors (Lipinski definition) is 4. The number of benzene rings is 1. The fourth-order valence-electron chi connectivity index (χ4n) is 2.96. The second kappa shape index (κ2) is 6.67. The van der Waals surface area contributed by atoms with E-state index in [9.17, 15) is 0 Å². The molecule has 122 valence electrons. The third kappa shape index (κ3) is 4.08. The standard InChI is InChI=1S/C19H26N4/c1-19(2,3)17-6-4-16(5-7-17)15-22-10-12-23(13-11-22)18-14-20-8-9-21-18/h4-9,14H,10-13,15H2,1-3H3. The van der Waals surface area contributed by atoms with Crippen LogP contribution in [-0.2, 0) is 12.0 Å². The van der Waals surface area contributed by atoms with Crippen molar-refractivity contribution < 1.29 is 0 Å². The molecule has 1 aliphatic heterocycles. The van der Waals surface area contributed by atoms with Gasteiger partial charge in [0, 0.05) is 45.1 Å². The molecule has 2 heterocycles. The van der Waals surface area contributed by atoms with Gasteiger partial charge in [-0.05, 0) is 16.5 Å². The summed E-state index contributed by atoms with van der Waals surface area (Å²) in [6, 6.07) is 9.08. The van der Waals surface area contributed by atoms with E-state index in [4.69, 9.17) is 0 Å². The summed E-state index contributed by atoms with van der Waals surface area (Å²) in [5.41, 5.74) is 3.01. The van der Waals surface area contributed by atoms with Crippen molar-refractivity contribution in [3.05, 3.63) is 54.0 Å². The molecule has 1 aliphatic rings. The van der Waals surface area contributed by atoms with E-state index in [0.717, 1.165) is 38.5 Å².